The number of carbonyl (C=O) groups is 2. The zero-order chi connectivity index (χ0) is 20.2. The van der Waals surface area contributed by atoms with E-state index in [1.165, 1.54) is 11.3 Å². The highest BCUT2D eigenvalue weighted by molar-refractivity contribution is 7.09. The second kappa shape index (κ2) is 11.5. The Hall–Kier alpha value is -3.24. The van der Waals surface area contributed by atoms with Crippen LogP contribution in [-0.4, -0.2) is 29.9 Å². The summed E-state index contributed by atoms with van der Waals surface area (Å²) < 4.78 is 0. The number of nitrogens with one attached hydrogen (secondary N) is 2. The van der Waals surface area contributed by atoms with E-state index in [0.29, 0.717) is 5.01 Å². The molecule has 1 aromatic heterocycles. The molecule has 144 valence electrons. The van der Waals surface area contributed by atoms with Gasteiger partial charge in [0.25, 0.3) is 0 Å². The van der Waals surface area contributed by atoms with Crippen molar-refractivity contribution in [3.63, 3.8) is 0 Å². The van der Waals surface area contributed by atoms with Crippen LogP contribution in [0.2, 0.25) is 0 Å². The average Bonchev–Trinajstić information content (AvgIpc) is 3.15. The quantitative estimate of drug-likeness (QED) is 0.505. The molecular formula is C21H22N4O2S. The lowest BCUT2D eigenvalue weighted by molar-refractivity contribution is -0.125. The fourth-order valence-electron chi connectivity index (χ4n) is 2.35. The largest absolute Gasteiger partial charge is 0.354 e. The van der Waals surface area contributed by atoms with Gasteiger partial charge in [-0.2, -0.15) is 5.26 Å². The van der Waals surface area contributed by atoms with Crippen molar-refractivity contribution in [3.8, 4) is 6.07 Å². The van der Waals surface area contributed by atoms with E-state index in [-0.39, 0.29) is 37.7 Å². The predicted octanol–water partition coefficient (Wildman–Crippen LogP) is 2.95. The van der Waals surface area contributed by atoms with Crippen LogP contribution in [0.4, 0.5) is 0 Å². The highest BCUT2D eigenvalue weighted by atomic mass is 32.1. The molecule has 7 heteroatoms. The molecule has 0 unspecified atom stereocenters. The van der Waals surface area contributed by atoms with E-state index >= 15 is 0 Å². The molecule has 28 heavy (non-hydrogen) atoms. The van der Waals surface area contributed by atoms with Crippen LogP contribution in [0.3, 0.4) is 0 Å². The number of carbonyl (C=O) groups excluding carboxylic acids is 2. The molecule has 0 atom stereocenters. The standard InChI is InChI=1S/C21H22N4O2S/c1-2-16(17-7-4-3-5-8-17)9-10-18-15-28-21(25-18)13-19(26)24-14-20(27)23-12-6-11-22/h2-5,7-10,15H,6,12-14H2,1H3,(H,23,27)(H,24,26)/b10-9-,16-2+. The predicted molar refractivity (Wildman–Crippen MR) is 111 cm³/mol. The lowest BCUT2D eigenvalue weighted by Gasteiger charge is -2.04. The summed E-state index contributed by atoms with van der Waals surface area (Å²) >= 11 is 1.40. The van der Waals surface area contributed by atoms with Crippen molar-refractivity contribution in [1.82, 2.24) is 15.6 Å². The first kappa shape index (κ1) is 21.1. The van der Waals surface area contributed by atoms with Crippen LogP contribution < -0.4 is 10.6 Å². The Balaban J connectivity index is 1.84. The van der Waals surface area contributed by atoms with Gasteiger partial charge in [0.1, 0.15) is 5.01 Å². The fourth-order valence-corrected chi connectivity index (χ4v) is 3.11. The molecule has 2 amide bonds. The first-order valence-corrected chi connectivity index (χ1v) is 9.75. The Kier molecular flexibility index (Phi) is 8.63. The van der Waals surface area contributed by atoms with Crippen molar-refractivity contribution >= 4 is 34.8 Å². The van der Waals surface area contributed by atoms with Gasteiger partial charge < -0.3 is 10.6 Å². The number of nitriles is 1. The molecule has 2 N–H and O–H groups in total. The molecule has 0 aliphatic heterocycles. The second-order valence-electron chi connectivity index (χ2n) is 5.82. The monoisotopic (exact) mass is 394 g/mol. The summed E-state index contributed by atoms with van der Waals surface area (Å²) in [7, 11) is 0. The maximum atomic E-state index is 11.9. The number of hydrogen-bond donors (Lipinski definition) is 2. The highest BCUT2D eigenvalue weighted by Gasteiger charge is 2.09. The van der Waals surface area contributed by atoms with Crippen LogP contribution in [0.25, 0.3) is 11.6 Å². The van der Waals surface area contributed by atoms with Crippen molar-refractivity contribution in [1.29, 1.82) is 5.26 Å². The van der Waals surface area contributed by atoms with Crippen LogP contribution in [-0.2, 0) is 16.0 Å². The first-order valence-electron chi connectivity index (χ1n) is 8.87. The summed E-state index contributed by atoms with van der Waals surface area (Å²) in [4.78, 5) is 27.9. The van der Waals surface area contributed by atoms with Crippen LogP contribution in [0, 0.1) is 11.3 Å². The molecule has 0 spiro atoms. The molecule has 2 rings (SSSR count). The van der Waals surface area contributed by atoms with E-state index in [9.17, 15) is 9.59 Å². The minimum atomic E-state index is -0.314. The Morgan fingerprint density at radius 2 is 2.00 bits per heavy atom. The van der Waals surface area contributed by atoms with Gasteiger partial charge in [0, 0.05) is 11.9 Å². The number of amides is 2. The molecule has 1 aromatic carbocycles. The van der Waals surface area contributed by atoms with Gasteiger partial charge in [-0.3, -0.25) is 9.59 Å². The van der Waals surface area contributed by atoms with E-state index in [4.69, 9.17) is 5.26 Å². The minimum Gasteiger partial charge on any atom is -0.354 e. The Labute approximate surface area is 168 Å². The Bertz CT molecular complexity index is 895. The Morgan fingerprint density at radius 1 is 1.21 bits per heavy atom. The van der Waals surface area contributed by atoms with Crippen LogP contribution >= 0.6 is 11.3 Å². The fraction of sp³-hybridized carbons (Fsp3) is 0.238. The van der Waals surface area contributed by atoms with Gasteiger partial charge in [0.05, 0.1) is 31.1 Å². The third kappa shape index (κ3) is 7.17. The maximum absolute atomic E-state index is 11.9. The molecule has 0 aliphatic rings. The summed E-state index contributed by atoms with van der Waals surface area (Å²) in [6, 6.07) is 12.0. The van der Waals surface area contributed by atoms with Crippen molar-refractivity contribution < 1.29 is 9.59 Å². The van der Waals surface area contributed by atoms with E-state index < -0.39 is 0 Å². The number of hydrogen-bond acceptors (Lipinski definition) is 5. The average molecular weight is 395 g/mol. The van der Waals surface area contributed by atoms with Crippen molar-refractivity contribution in [2.75, 3.05) is 13.1 Å². The molecule has 0 saturated carbocycles. The van der Waals surface area contributed by atoms with Gasteiger partial charge in [0.2, 0.25) is 11.8 Å². The van der Waals surface area contributed by atoms with Gasteiger partial charge in [-0.25, -0.2) is 4.98 Å². The van der Waals surface area contributed by atoms with Crippen LogP contribution in [0.1, 0.15) is 29.6 Å². The molecule has 0 aliphatic carbocycles. The normalized spacial score (nSPS) is 11.2. The number of nitrogens with zero attached hydrogens (tertiary/aromatic N) is 2. The highest BCUT2D eigenvalue weighted by Crippen LogP contribution is 2.18. The topological polar surface area (TPSA) is 94.9 Å². The summed E-state index contributed by atoms with van der Waals surface area (Å²) in [5, 5.41) is 16.1. The zero-order valence-electron chi connectivity index (χ0n) is 15.6. The molecular weight excluding hydrogens is 372 g/mol. The molecule has 0 bridgehead atoms. The van der Waals surface area contributed by atoms with Crippen molar-refractivity contribution in [2.24, 2.45) is 0 Å². The lowest BCUT2D eigenvalue weighted by Crippen LogP contribution is -2.37. The number of rotatable bonds is 9. The van der Waals surface area contributed by atoms with Crippen molar-refractivity contribution in [3.05, 3.63) is 64.1 Å². The van der Waals surface area contributed by atoms with Crippen molar-refractivity contribution in [2.45, 2.75) is 19.8 Å². The van der Waals surface area contributed by atoms with Crippen LogP contribution in [0.5, 0.6) is 0 Å². The van der Waals surface area contributed by atoms with Gasteiger partial charge in [-0.15, -0.1) is 11.3 Å². The smallest absolute Gasteiger partial charge is 0.239 e. The third-order valence-electron chi connectivity index (χ3n) is 3.74. The molecule has 0 saturated heterocycles. The van der Waals surface area contributed by atoms with Gasteiger partial charge in [-0.05, 0) is 24.1 Å². The molecule has 0 fully saturated rings. The van der Waals surface area contributed by atoms with Gasteiger partial charge in [-0.1, -0.05) is 42.5 Å². The maximum Gasteiger partial charge on any atom is 0.239 e. The minimum absolute atomic E-state index is 0.107. The zero-order valence-corrected chi connectivity index (χ0v) is 16.5. The second-order valence-corrected chi connectivity index (χ2v) is 6.76. The molecule has 6 nitrogen and oxygen atoms in total. The molecule has 2 aromatic rings. The van der Waals surface area contributed by atoms with Gasteiger partial charge in [0.15, 0.2) is 0 Å². The number of benzene rings is 1. The Morgan fingerprint density at radius 3 is 2.71 bits per heavy atom. The third-order valence-corrected chi connectivity index (χ3v) is 4.61. The SMILES string of the molecule is C/C=C(\C=C/c1csc(CC(=O)NCC(=O)NCCC#N)n1)c1ccccc1. The summed E-state index contributed by atoms with van der Waals surface area (Å²) in [6.07, 6.45) is 6.32. The first-order chi connectivity index (χ1) is 13.6. The van der Waals surface area contributed by atoms with E-state index in [1.807, 2.05) is 66.9 Å². The summed E-state index contributed by atoms with van der Waals surface area (Å²) in [6.45, 7) is 2.16. The molecule has 0 radical (unpaired) electrons. The van der Waals surface area contributed by atoms with E-state index in [1.54, 1.807) is 0 Å². The summed E-state index contributed by atoms with van der Waals surface area (Å²) in [5.41, 5.74) is 3.01. The lowest BCUT2D eigenvalue weighted by atomic mass is 10.1. The van der Waals surface area contributed by atoms with E-state index in [0.717, 1.165) is 16.8 Å². The van der Waals surface area contributed by atoms with E-state index in [2.05, 4.69) is 15.6 Å². The van der Waals surface area contributed by atoms with Crippen LogP contribution in [0.15, 0.2) is 47.9 Å². The number of allylic oxidation sites excluding steroid dienone is 3. The number of thiazole rings is 1. The summed E-state index contributed by atoms with van der Waals surface area (Å²) in [5.74, 6) is -0.579. The van der Waals surface area contributed by atoms with Gasteiger partial charge >= 0.3 is 0 Å². The molecule has 1 heterocycles. The number of aromatic nitrogens is 1.